The van der Waals surface area contributed by atoms with Crippen LogP contribution < -0.4 is 0 Å². The van der Waals surface area contributed by atoms with Gasteiger partial charge in [-0.3, -0.25) is 4.40 Å². The lowest BCUT2D eigenvalue weighted by molar-refractivity contribution is 1.07. The normalized spacial score (nSPS) is 11.7. The van der Waals surface area contributed by atoms with Gasteiger partial charge in [-0.25, -0.2) is 19.9 Å². The number of aromatic nitrogens is 6. The molecular weight excluding hydrogens is 733 g/mol. The van der Waals surface area contributed by atoms with Gasteiger partial charge in [-0.1, -0.05) is 176 Å². The SMILES string of the molecule is c1ccc(-c2nc(-c3ccccc3)nc(-c3ccc(-c4nc(-c5ccccc5)c5c6ccc7c(c8ccccc8n7-c7ccccc7)c6c6ccccc6n45)cc3)n2)cc1. The molecule has 0 radical (unpaired) electrons. The van der Waals surface area contributed by atoms with Crippen LogP contribution in [0.1, 0.15) is 0 Å². The summed E-state index contributed by atoms with van der Waals surface area (Å²) in [6, 6.07) is 72.0. The zero-order chi connectivity index (χ0) is 39.6. The molecule has 0 aliphatic carbocycles. The summed E-state index contributed by atoms with van der Waals surface area (Å²) in [5, 5.41) is 6.00. The van der Waals surface area contributed by atoms with Crippen LogP contribution in [0, 0.1) is 0 Å². The summed E-state index contributed by atoms with van der Waals surface area (Å²) < 4.78 is 4.75. The number of pyridine rings is 1. The molecule has 0 unspecified atom stereocenters. The fraction of sp³-hybridized carbons (Fsp3) is 0. The van der Waals surface area contributed by atoms with Crippen LogP contribution >= 0.6 is 0 Å². The first-order chi connectivity index (χ1) is 29.8. The van der Waals surface area contributed by atoms with E-state index in [2.05, 4.69) is 155 Å². The van der Waals surface area contributed by atoms with E-state index in [-0.39, 0.29) is 0 Å². The third-order valence-electron chi connectivity index (χ3n) is 11.5. The molecule has 4 aromatic heterocycles. The predicted octanol–water partition coefficient (Wildman–Crippen LogP) is 13.3. The molecule has 60 heavy (non-hydrogen) atoms. The van der Waals surface area contributed by atoms with Gasteiger partial charge < -0.3 is 4.57 Å². The molecule has 4 heterocycles. The van der Waals surface area contributed by atoms with Crippen LogP contribution in [0.3, 0.4) is 0 Å². The summed E-state index contributed by atoms with van der Waals surface area (Å²) in [5.74, 6) is 2.75. The molecule has 0 fully saturated rings. The number of benzene rings is 8. The molecule has 0 saturated carbocycles. The van der Waals surface area contributed by atoms with Gasteiger partial charge in [-0.15, -0.1) is 0 Å². The van der Waals surface area contributed by atoms with E-state index in [0.29, 0.717) is 17.5 Å². The van der Waals surface area contributed by atoms with Crippen LogP contribution in [0.15, 0.2) is 206 Å². The lowest BCUT2D eigenvalue weighted by Crippen LogP contribution is -2.00. The quantitative estimate of drug-likeness (QED) is 0.158. The molecule has 0 spiro atoms. The first-order valence-corrected chi connectivity index (χ1v) is 20.2. The van der Waals surface area contributed by atoms with E-state index in [4.69, 9.17) is 19.9 Å². The summed E-state index contributed by atoms with van der Waals surface area (Å²) in [5.41, 5.74) is 11.4. The molecule has 12 aromatic rings. The van der Waals surface area contributed by atoms with Crippen molar-refractivity contribution in [1.29, 1.82) is 0 Å². The largest absolute Gasteiger partial charge is 0.309 e. The minimum Gasteiger partial charge on any atom is -0.309 e. The highest BCUT2D eigenvalue weighted by molar-refractivity contribution is 6.31. The van der Waals surface area contributed by atoms with Gasteiger partial charge in [-0.2, -0.15) is 0 Å². The lowest BCUT2D eigenvalue weighted by atomic mass is 9.97. The summed E-state index contributed by atoms with van der Waals surface area (Å²) >= 11 is 0. The Hall–Kier alpha value is -8.22. The van der Waals surface area contributed by atoms with Crippen molar-refractivity contribution in [3.63, 3.8) is 0 Å². The monoisotopic (exact) mass is 766 g/mol. The molecule has 0 saturated heterocycles. The predicted molar refractivity (Wildman–Crippen MR) is 245 cm³/mol. The summed E-state index contributed by atoms with van der Waals surface area (Å²) in [6.45, 7) is 0. The average Bonchev–Trinajstić information content (AvgIpc) is 3.90. The smallest absolute Gasteiger partial charge is 0.164 e. The molecule has 6 nitrogen and oxygen atoms in total. The van der Waals surface area contributed by atoms with Crippen LogP contribution in [0.25, 0.3) is 111 Å². The zero-order valence-electron chi connectivity index (χ0n) is 32.3. The maximum atomic E-state index is 5.55. The van der Waals surface area contributed by atoms with Gasteiger partial charge in [-0.05, 0) is 30.3 Å². The maximum Gasteiger partial charge on any atom is 0.164 e. The minimum absolute atomic E-state index is 0.613. The Morgan fingerprint density at radius 1 is 0.300 bits per heavy atom. The van der Waals surface area contributed by atoms with Crippen LogP contribution in [0.2, 0.25) is 0 Å². The Labute approximate surface area is 345 Å². The third kappa shape index (κ3) is 5.35. The number of nitrogens with zero attached hydrogens (tertiary/aromatic N) is 6. The summed E-state index contributed by atoms with van der Waals surface area (Å²) in [4.78, 5) is 20.4. The van der Waals surface area contributed by atoms with Crippen molar-refractivity contribution in [3.8, 4) is 62.5 Å². The summed E-state index contributed by atoms with van der Waals surface area (Å²) in [6.07, 6.45) is 0. The topological polar surface area (TPSA) is 60.9 Å². The summed E-state index contributed by atoms with van der Waals surface area (Å²) in [7, 11) is 0. The number of para-hydroxylation sites is 3. The van der Waals surface area contributed by atoms with Crippen molar-refractivity contribution in [2.75, 3.05) is 0 Å². The van der Waals surface area contributed by atoms with Gasteiger partial charge in [0.2, 0.25) is 0 Å². The standard InChI is InChI=1S/C54H34N6/c1-5-17-35(18-6-1)49-50-43-33-34-46-48(42-26-14-15-27-44(42)59(46)40-23-11-4-12-24-40)47(43)41-25-13-16-28-45(41)60(50)54(55-49)39-31-29-38(30-32-39)53-57-51(36-19-7-2-8-20-36)56-52(58-53)37-21-9-3-10-22-37/h1-34H. The van der Waals surface area contributed by atoms with Crippen molar-refractivity contribution in [2.24, 2.45) is 0 Å². The van der Waals surface area contributed by atoms with Crippen molar-refractivity contribution >= 4 is 49.0 Å². The van der Waals surface area contributed by atoms with E-state index >= 15 is 0 Å². The second kappa shape index (κ2) is 13.7. The molecule has 0 N–H and O–H groups in total. The molecular formula is C54H34N6. The van der Waals surface area contributed by atoms with E-state index in [1.165, 1.54) is 32.6 Å². The fourth-order valence-electron chi connectivity index (χ4n) is 8.87. The molecule has 280 valence electrons. The number of rotatable bonds is 6. The minimum atomic E-state index is 0.613. The van der Waals surface area contributed by atoms with E-state index in [0.717, 1.165) is 61.4 Å². The fourth-order valence-corrected chi connectivity index (χ4v) is 8.87. The molecule has 0 amide bonds. The molecule has 12 rings (SSSR count). The zero-order valence-corrected chi connectivity index (χ0v) is 32.3. The first kappa shape index (κ1) is 33.9. The second-order valence-corrected chi connectivity index (χ2v) is 15.0. The van der Waals surface area contributed by atoms with Crippen LogP contribution in [-0.2, 0) is 0 Å². The van der Waals surface area contributed by atoms with Gasteiger partial charge >= 0.3 is 0 Å². The van der Waals surface area contributed by atoms with E-state index in [1.54, 1.807) is 0 Å². The van der Waals surface area contributed by atoms with Gasteiger partial charge in [0.05, 0.1) is 27.8 Å². The van der Waals surface area contributed by atoms with Crippen LogP contribution in [-0.4, -0.2) is 28.9 Å². The number of hydrogen-bond acceptors (Lipinski definition) is 4. The van der Waals surface area contributed by atoms with Crippen molar-refractivity contribution in [3.05, 3.63) is 206 Å². The molecule has 6 heteroatoms. The Morgan fingerprint density at radius 3 is 1.37 bits per heavy atom. The van der Waals surface area contributed by atoms with E-state index < -0.39 is 0 Å². The van der Waals surface area contributed by atoms with Crippen LogP contribution in [0.4, 0.5) is 0 Å². The van der Waals surface area contributed by atoms with E-state index in [9.17, 15) is 0 Å². The highest BCUT2D eigenvalue weighted by atomic mass is 15.0. The maximum absolute atomic E-state index is 5.55. The number of imidazole rings is 1. The number of hydrogen-bond donors (Lipinski definition) is 0. The Kier molecular flexibility index (Phi) is 7.74. The van der Waals surface area contributed by atoms with Crippen molar-refractivity contribution in [2.45, 2.75) is 0 Å². The molecule has 0 bridgehead atoms. The Morgan fingerprint density at radius 2 is 0.767 bits per heavy atom. The van der Waals surface area contributed by atoms with Crippen LogP contribution in [0.5, 0.6) is 0 Å². The van der Waals surface area contributed by atoms with Gasteiger partial charge in [0, 0.05) is 60.4 Å². The number of fused-ring (bicyclic) bond motifs is 10. The molecule has 0 atom stereocenters. The van der Waals surface area contributed by atoms with Gasteiger partial charge in [0.25, 0.3) is 0 Å². The molecule has 0 aliphatic rings. The Balaban J connectivity index is 1.11. The highest BCUT2D eigenvalue weighted by Crippen LogP contribution is 2.44. The first-order valence-electron chi connectivity index (χ1n) is 20.2. The lowest BCUT2D eigenvalue weighted by Gasteiger charge is -2.14. The molecule has 8 aromatic carbocycles. The van der Waals surface area contributed by atoms with Gasteiger partial charge in [0.15, 0.2) is 17.5 Å². The third-order valence-corrected chi connectivity index (χ3v) is 11.5. The van der Waals surface area contributed by atoms with Gasteiger partial charge in [0.1, 0.15) is 5.82 Å². The van der Waals surface area contributed by atoms with E-state index in [1.807, 2.05) is 60.7 Å². The second-order valence-electron chi connectivity index (χ2n) is 15.0. The van der Waals surface area contributed by atoms with Crippen molar-refractivity contribution < 1.29 is 0 Å². The average molecular weight is 767 g/mol. The van der Waals surface area contributed by atoms with Crippen molar-refractivity contribution in [1.82, 2.24) is 28.9 Å². The molecule has 0 aliphatic heterocycles. The Bertz CT molecular complexity index is 3500. The highest BCUT2D eigenvalue weighted by Gasteiger charge is 2.24.